The molecule has 1 atom stereocenters. The maximum atomic E-state index is 13.6. The fourth-order valence-electron chi connectivity index (χ4n) is 4.01. The minimum absolute atomic E-state index is 0.0795. The summed E-state index contributed by atoms with van der Waals surface area (Å²) in [5, 5.41) is 21.5. The zero-order valence-electron chi connectivity index (χ0n) is 21.3. The normalized spacial score (nSPS) is 19.5. The molecule has 1 heterocycles. The molecule has 1 aliphatic heterocycles. The first kappa shape index (κ1) is 29.8. The second-order valence-electron chi connectivity index (χ2n) is 9.73. The molecule has 0 saturated carbocycles. The molecular weight excluding hydrogens is 506 g/mol. The molecule has 1 aliphatic rings. The van der Waals surface area contributed by atoms with Gasteiger partial charge in [-0.1, -0.05) is 11.8 Å². The van der Waals surface area contributed by atoms with E-state index in [1.54, 1.807) is 13.8 Å². The molecule has 4 N–H and O–H groups in total. The smallest absolute Gasteiger partial charge is 0.407 e. The lowest BCUT2D eigenvalue weighted by molar-refractivity contribution is -0.133. The first-order valence-corrected chi connectivity index (χ1v) is 13.9. The number of thioether (sulfide) groups is 1. The Morgan fingerprint density at radius 2 is 1.86 bits per heavy atom. The van der Waals surface area contributed by atoms with Crippen LogP contribution in [-0.2, 0) is 14.6 Å². The van der Waals surface area contributed by atoms with Gasteiger partial charge in [0.15, 0.2) is 0 Å². The van der Waals surface area contributed by atoms with Gasteiger partial charge in [0.25, 0.3) is 5.91 Å². The number of ether oxygens (including phenoxy) is 1. The molecule has 1 saturated heterocycles. The second kappa shape index (κ2) is 11.7. The number of amides is 2. The summed E-state index contributed by atoms with van der Waals surface area (Å²) >= 11 is 1.33. The van der Waals surface area contributed by atoms with Crippen LogP contribution in [0.3, 0.4) is 0 Å². The van der Waals surface area contributed by atoms with Crippen molar-refractivity contribution in [2.45, 2.75) is 67.5 Å². The van der Waals surface area contributed by atoms with Crippen molar-refractivity contribution in [1.29, 1.82) is 0 Å². The van der Waals surface area contributed by atoms with Gasteiger partial charge in [-0.15, -0.1) is 0 Å². The molecule has 2 rings (SSSR count). The van der Waals surface area contributed by atoms with Crippen LogP contribution >= 0.6 is 11.8 Å². The number of hydrogen-bond acceptors (Lipinski definition) is 8. The summed E-state index contributed by atoms with van der Waals surface area (Å²) in [5.41, 5.74) is 1.04. The summed E-state index contributed by atoms with van der Waals surface area (Å²) in [6, 6.07) is 5.68. The molecule has 2 amide bonds. The van der Waals surface area contributed by atoms with Gasteiger partial charge >= 0.3 is 6.09 Å². The van der Waals surface area contributed by atoms with E-state index in [2.05, 4.69) is 17.2 Å². The third-order valence-corrected chi connectivity index (χ3v) is 10.0. The van der Waals surface area contributed by atoms with Gasteiger partial charge in [-0.25, -0.2) is 18.7 Å². The molecule has 0 radical (unpaired) electrons. The summed E-state index contributed by atoms with van der Waals surface area (Å²) in [6.45, 7) is 9.55. The molecule has 1 aromatic rings. The minimum atomic E-state index is -4.25. The summed E-state index contributed by atoms with van der Waals surface area (Å²) in [7, 11) is -4.25. The van der Waals surface area contributed by atoms with Gasteiger partial charge in [0.1, 0.15) is 12.4 Å². The highest BCUT2D eigenvalue weighted by molar-refractivity contribution is 8.02. The van der Waals surface area contributed by atoms with Crippen molar-refractivity contribution >= 4 is 33.6 Å². The Hall–Kier alpha value is -2.46. The predicted octanol–water partition coefficient (Wildman–Crippen LogP) is 2.72. The van der Waals surface area contributed by atoms with E-state index in [1.807, 2.05) is 20.8 Å². The first-order chi connectivity index (χ1) is 16.7. The highest BCUT2D eigenvalue weighted by Crippen LogP contribution is 2.44. The van der Waals surface area contributed by atoms with Gasteiger partial charge in [0.05, 0.1) is 9.64 Å². The number of rotatable bonds is 8. The number of carbonyl (C=O) groups excluding carboxylic acids is 1. The van der Waals surface area contributed by atoms with Crippen LogP contribution in [0.25, 0.3) is 0 Å². The van der Waals surface area contributed by atoms with Gasteiger partial charge in [0.2, 0.25) is 14.7 Å². The van der Waals surface area contributed by atoms with Crippen molar-refractivity contribution in [1.82, 2.24) is 15.7 Å². The molecule has 0 unspecified atom stereocenters. The third-order valence-electron chi connectivity index (χ3n) is 5.91. The van der Waals surface area contributed by atoms with Crippen LogP contribution in [0, 0.1) is 11.8 Å². The summed E-state index contributed by atoms with van der Waals surface area (Å²) in [6.07, 6.45) is 0.138. The zero-order valence-corrected chi connectivity index (χ0v) is 22.9. The molecule has 12 heteroatoms. The minimum Gasteiger partial charge on any atom is -0.481 e. The number of carbonyl (C=O) groups is 2. The average molecular weight is 542 g/mol. The van der Waals surface area contributed by atoms with Crippen LogP contribution in [-0.4, -0.2) is 76.2 Å². The average Bonchev–Trinajstić information content (AvgIpc) is 2.79. The number of benzene rings is 1. The number of hydrogen-bond donors (Lipinski definition) is 4. The van der Waals surface area contributed by atoms with Gasteiger partial charge in [-0.3, -0.25) is 15.3 Å². The maximum absolute atomic E-state index is 13.6. The summed E-state index contributed by atoms with van der Waals surface area (Å²) < 4.78 is 31.7. The summed E-state index contributed by atoms with van der Waals surface area (Å²) in [5.74, 6) is 5.79. The molecular formula is C24H35N3O7S2. The SMILES string of the molecule is CC(C)(C)N(CCCC#CCOc1ccc(S(=O)(=O)[C@]2(C(=O)NO)NCCSC2(C)C)cc1)C(=O)O. The Balaban J connectivity index is 2.03. The van der Waals surface area contributed by atoms with Gasteiger partial charge in [-0.2, -0.15) is 11.8 Å². The van der Waals surface area contributed by atoms with Gasteiger partial charge in [-0.05, 0) is 65.3 Å². The number of sulfone groups is 1. The zero-order chi connectivity index (χ0) is 27.2. The lowest BCUT2D eigenvalue weighted by Crippen LogP contribution is -2.73. The predicted molar refractivity (Wildman–Crippen MR) is 138 cm³/mol. The van der Waals surface area contributed by atoms with Crippen molar-refractivity contribution in [3.63, 3.8) is 0 Å². The van der Waals surface area contributed by atoms with E-state index < -0.39 is 37.0 Å². The fraction of sp³-hybridized carbons (Fsp3) is 0.583. The highest BCUT2D eigenvalue weighted by atomic mass is 32.2. The molecule has 0 bridgehead atoms. The molecule has 10 nitrogen and oxygen atoms in total. The molecule has 0 spiro atoms. The number of unbranched alkanes of at least 4 members (excludes halogenated alkanes) is 1. The van der Waals surface area contributed by atoms with E-state index in [-0.39, 0.29) is 18.0 Å². The molecule has 0 aromatic heterocycles. The molecule has 1 aromatic carbocycles. The van der Waals surface area contributed by atoms with E-state index >= 15 is 0 Å². The van der Waals surface area contributed by atoms with Gasteiger partial charge < -0.3 is 14.7 Å². The number of carboxylic acid groups (broad SMARTS) is 1. The number of nitrogens with zero attached hydrogens (tertiary/aromatic N) is 1. The van der Waals surface area contributed by atoms with Crippen LogP contribution in [0.4, 0.5) is 4.79 Å². The Kier molecular flexibility index (Phi) is 9.70. The van der Waals surface area contributed by atoms with E-state index in [4.69, 9.17) is 4.74 Å². The van der Waals surface area contributed by atoms with Crippen LogP contribution in [0.2, 0.25) is 0 Å². The quantitative estimate of drug-likeness (QED) is 0.169. The molecule has 200 valence electrons. The number of hydroxylamine groups is 1. The van der Waals surface area contributed by atoms with Crippen molar-refractivity contribution < 1.29 is 33.1 Å². The van der Waals surface area contributed by atoms with Gasteiger partial charge in [0, 0.05) is 30.8 Å². The number of nitrogens with one attached hydrogen (secondary N) is 2. The lowest BCUT2D eigenvalue weighted by atomic mass is 10.0. The first-order valence-electron chi connectivity index (χ1n) is 11.5. The van der Waals surface area contributed by atoms with Crippen LogP contribution in [0.15, 0.2) is 29.2 Å². The Morgan fingerprint density at radius 3 is 2.39 bits per heavy atom. The summed E-state index contributed by atoms with van der Waals surface area (Å²) in [4.78, 5) is 23.2. The second-order valence-corrected chi connectivity index (χ2v) is 13.5. The van der Waals surface area contributed by atoms with Crippen molar-refractivity contribution in [2.24, 2.45) is 0 Å². The standard InChI is InChI=1S/C24H35N3O7S2/c1-22(2,3)27(21(29)30)15-8-6-7-9-16-34-18-10-12-19(13-11-18)36(32,33)24(20(28)26-31)23(4,5)35-17-14-25-24/h10-13,25,31H,6,8,14-17H2,1-5H3,(H,26,28)(H,29,30)/t24-/m0/s1. The molecule has 0 aliphatic carbocycles. The Morgan fingerprint density at radius 1 is 1.22 bits per heavy atom. The van der Waals surface area contributed by atoms with Crippen LogP contribution in [0.5, 0.6) is 5.75 Å². The van der Waals surface area contributed by atoms with E-state index in [9.17, 15) is 28.3 Å². The molecule has 1 fully saturated rings. The topological polar surface area (TPSA) is 145 Å². The monoisotopic (exact) mass is 541 g/mol. The van der Waals surface area contributed by atoms with Crippen LogP contribution in [0.1, 0.15) is 47.5 Å². The molecule has 36 heavy (non-hydrogen) atoms. The van der Waals surface area contributed by atoms with E-state index in [0.717, 1.165) is 0 Å². The third kappa shape index (κ3) is 6.26. The van der Waals surface area contributed by atoms with Crippen molar-refractivity contribution in [2.75, 3.05) is 25.4 Å². The lowest BCUT2D eigenvalue weighted by Gasteiger charge is -2.47. The van der Waals surface area contributed by atoms with E-state index in [0.29, 0.717) is 30.9 Å². The Bertz CT molecular complexity index is 1100. The van der Waals surface area contributed by atoms with Crippen molar-refractivity contribution in [3.8, 4) is 17.6 Å². The van der Waals surface area contributed by atoms with Crippen LogP contribution < -0.4 is 15.5 Å². The van der Waals surface area contributed by atoms with E-state index in [1.165, 1.54) is 46.4 Å². The Labute approximate surface area is 217 Å². The largest absolute Gasteiger partial charge is 0.481 e. The fourth-order valence-corrected chi connectivity index (χ4v) is 7.68. The van der Waals surface area contributed by atoms with Crippen molar-refractivity contribution in [3.05, 3.63) is 24.3 Å². The highest BCUT2D eigenvalue weighted by Gasteiger charge is 2.62. The maximum Gasteiger partial charge on any atom is 0.407 e.